The fourth-order valence-electron chi connectivity index (χ4n) is 2.28. The Labute approximate surface area is 111 Å². The Kier molecular flexibility index (Phi) is 3.77. The first-order chi connectivity index (χ1) is 8.90. The minimum Gasteiger partial charge on any atom is -0.478 e. The van der Waals surface area contributed by atoms with E-state index in [4.69, 9.17) is 10.8 Å². The highest BCUT2D eigenvalue weighted by Gasteiger charge is 2.26. The van der Waals surface area contributed by atoms with E-state index in [0.29, 0.717) is 0 Å². The van der Waals surface area contributed by atoms with Gasteiger partial charge in [-0.05, 0) is 31.0 Å². The molecule has 0 saturated heterocycles. The second kappa shape index (κ2) is 5.18. The van der Waals surface area contributed by atoms with Gasteiger partial charge in [0.15, 0.2) is 0 Å². The fraction of sp³-hybridized carbons (Fsp3) is 0.417. The van der Waals surface area contributed by atoms with Crippen molar-refractivity contribution >= 4 is 21.7 Å². The zero-order valence-electron chi connectivity index (χ0n) is 10.3. The van der Waals surface area contributed by atoms with Crippen LogP contribution in [0.25, 0.3) is 0 Å². The van der Waals surface area contributed by atoms with Gasteiger partial charge in [0, 0.05) is 11.7 Å². The average Bonchev–Trinajstić information content (AvgIpc) is 2.80. The summed E-state index contributed by atoms with van der Waals surface area (Å²) in [5.74, 6) is -1.31. The van der Waals surface area contributed by atoms with Crippen molar-refractivity contribution in [1.29, 1.82) is 0 Å². The molecule has 0 heterocycles. The summed E-state index contributed by atoms with van der Waals surface area (Å²) >= 11 is 0. The number of aromatic carboxylic acids is 1. The van der Waals surface area contributed by atoms with E-state index in [1.807, 2.05) is 0 Å². The Bertz CT molecular complexity index is 592. The number of nitrogen functional groups attached to an aromatic ring is 1. The second-order valence-corrected chi connectivity index (χ2v) is 6.35. The third-order valence-corrected chi connectivity index (χ3v) is 4.78. The number of nitrogens with one attached hydrogen (secondary N) is 1. The zero-order valence-corrected chi connectivity index (χ0v) is 11.1. The van der Waals surface area contributed by atoms with Gasteiger partial charge in [-0.25, -0.2) is 17.9 Å². The molecule has 1 aliphatic carbocycles. The average molecular weight is 284 g/mol. The molecule has 0 spiro atoms. The molecule has 0 aliphatic heterocycles. The van der Waals surface area contributed by atoms with Crippen LogP contribution in [-0.4, -0.2) is 25.5 Å². The number of hydrogen-bond donors (Lipinski definition) is 3. The lowest BCUT2D eigenvalue weighted by Gasteiger charge is -2.14. The fourth-order valence-corrected chi connectivity index (χ4v) is 3.76. The maximum atomic E-state index is 12.2. The van der Waals surface area contributed by atoms with Gasteiger partial charge in [-0.15, -0.1) is 0 Å². The quantitative estimate of drug-likeness (QED) is 0.719. The molecule has 4 N–H and O–H groups in total. The largest absolute Gasteiger partial charge is 0.478 e. The number of anilines is 1. The summed E-state index contributed by atoms with van der Waals surface area (Å²) < 4.78 is 27.0. The summed E-state index contributed by atoms with van der Waals surface area (Å²) in [5, 5.41) is 9.07. The van der Waals surface area contributed by atoms with Crippen molar-refractivity contribution in [2.45, 2.75) is 36.6 Å². The van der Waals surface area contributed by atoms with E-state index >= 15 is 0 Å². The van der Waals surface area contributed by atoms with Crippen LogP contribution in [0.1, 0.15) is 36.0 Å². The van der Waals surface area contributed by atoms with Crippen LogP contribution in [0.3, 0.4) is 0 Å². The first-order valence-electron chi connectivity index (χ1n) is 6.05. The van der Waals surface area contributed by atoms with E-state index in [2.05, 4.69) is 4.72 Å². The molecule has 19 heavy (non-hydrogen) atoms. The Morgan fingerprint density at radius 1 is 1.32 bits per heavy atom. The predicted octanol–water partition coefficient (Wildman–Crippen LogP) is 1.19. The van der Waals surface area contributed by atoms with Gasteiger partial charge in [0.25, 0.3) is 0 Å². The number of sulfonamides is 1. The van der Waals surface area contributed by atoms with E-state index in [-0.39, 0.29) is 22.2 Å². The van der Waals surface area contributed by atoms with Crippen molar-refractivity contribution in [1.82, 2.24) is 4.72 Å². The first kappa shape index (κ1) is 13.8. The van der Waals surface area contributed by atoms with Crippen molar-refractivity contribution in [3.8, 4) is 0 Å². The van der Waals surface area contributed by atoms with Crippen molar-refractivity contribution in [2.75, 3.05) is 5.73 Å². The van der Waals surface area contributed by atoms with Crippen LogP contribution in [0.5, 0.6) is 0 Å². The van der Waals surface area contributed by atoms with Crippen LogP contribution < -0.4 is 10.5 Å². The van der Waals surface area contributed by atoms with Crippen molar-refractivity contribution in [3.05, 3.63) is 23.8 Å². The number of nitrogens with two attached hydrogens (primary N) is 1. The number of carbonyl (C=O) groups is 1. The van der Waals surface area contributed by atoms with Gasteiger partial charge in [0.1, 0.15) is 0 Å². The number of carboxylic acids is 1. The molecular weight excluding hydrogens is 268 g/mol. The monoisotopic (exact) mass is 284 g/mol. The zero-order chi connectivity index (χ0) is 14.0. The van der Waals surface area contributed by atoms with Crippen LogP contribution in [0.4, 0.5) is 5.69 Å². The molecule has 1 aliphatic rings. The predicted molar refractivity (Wildman–Crippen MR) is 70.4 cm³/mol. The van der Waals surface area contributed by atoms with E-state index in [1.165, 1.54) is 12.1 Å². The van der Waals surface area contributed by atoms with Gasteiger partial charge >= 0.3 is 5.97 Å². The summed E-state index contributed by atoms with van der Waals surface area (Å²) in [6.45, 7) is 0. The lowest BCUT2D eigenvalue weighted by atomic mass is 10.2. The molecule has 0 radical (unpaired) electrons. The van der Waals surface area contributed by atoms with Gasteiger partial charge in [-0.2, -0.15) is 0 Å². The van der Waals surface area contributed by atoms with Crippen molar-refractivity contribution < 1.29 is 18.3 Å². The minimum atomic E-state index is -3.82. The summed E-state index contributed by atoms with van der Waals surface area (Å²) in [6.07, 6.45) is 3.55. The van der Waals surface area contributed by atoms with Crippen LogP contribution in [0.2, 0.25) is 0 Å². The standard InChI is InChI=1S/C12H16N2O4S/c13-8-5-6-11(10(7-8)12(15)16)19(17,18)14-9-3-1-2-4-9/h5-7,9,14H,1-4,13H2,(H,15,16). The molecule has 0 amide bonds. The first-order valence-corrected chi connectivity index (χ1v) is 7.53. The Hall–Kier alpha value is -1.60. The highest BCUT2D eigenvalue weighted by atomic mass is 32.2. The lowest BCUT2D eigenvalue weighted by molar-refractivity contribution is 0.0692. The highest BCUT2D eigenvalue weighted by Crippen LogP contribution is 2.23. The molecule has 1 fully saturated rings. The molecular formula is C12H16N2O4S. The number of benzene rings is 1. The number of rotatable bonds is 4. The second-order valence-electron chi connectivity index (χ2n) is 4.66. The smallest absolute Gasteiger partial charge is 0.337 e. The van der Waals surface area contributed by atoms with Gasteiger partial charge in [0.2, 0.25) is 10.0 Å². The Morgan fingerprint density at radius 2 is 1.95 bits per heavy atom. The molecule has 0 bridgehead atoms. The van der Waals surface area contributed by atoms with Gasteiger partial charge in [0.05, 0.1) is 10.5 Å². The highest BCUT2D eigenvalue weighted by molar-refractivity contribution is 7.89. The Balaban J connectivity index is 2.36. The van der Waals surface area contributed by atoms with Crippen LogP contribution in [-0.2, 0) is 10.0 Å². The van der Waals surface area contributed by atoms with Crippen LogP contribution in [0.15, 0.2) is 23.1 Å². The van der Waals surface area contributed by atoms with Crippen LogP contribution in [0, 0.1) is 0 Å². The normalized spacial score (nSPS) is 16.6. The maximum Gasteiger partial charge on any atom is 0.337 e. The molecule has 6 nitrogen and oxygen atoms in total. The Morgan fingerprint density at radius 3 is 2.53 bits per heavy atom. The van der Waals surface area contributed by atoms with Crippen LogP contribution >= 0.6 is 0 Å². The van der Waals surface area contributed by atoms with E-state index in [0.717, 1.165) is 31.7 Å². The third kappa shape index (κ3) is 3.05. The lowest BCUT2D eigenvalue weighted by Crippen LogP contribution is -2.33. The molecule has 7 heteroatoms. The SMILES string of the molecule is Nc1ccc(S(=O)(=O)NC2CCCC2)c(C(=O)O)c1. The molecule has 0 aromatic heterocycles. The van der Waals surface area contributed by atoms with Crippen molar-refractivity contribution in [3.63, 3.8) is 0 Å². The maximum absolute atomic E-state index is 12.2. The molecule has 0 atom stereocenters. The summed E-state index contributed by atoms with van der Waals surface area (Å²) in [5.41, 5.74) is 5.41. The van der Waals surface area contributed by atoms with E-state index in [1.54, 1.807) is 0 Å². The number of hydrogen-bond acceptors (Lipinski definition) is 4. The summed E-state index contributed by atoms with van der Waals surface area (Å²) in [7, 11) is -3.82. The molecule has 104 valence electrons. The summed E-state index contributed by atoms with van der Waals surface area (Å²) in [6, 6.07) is 3.67. The van der Waals surface area contributed by atoms with E-state index in [9.17, 15) is 13.2 Å². The number of carboxylic acid groups (broad SMARTS) is 1. The molecule has 1 aromatic carbocycles. The minimum absolute atomic E-state index is 0.107. The summed E-state index contributed by atoms with van der Waals surface area (Å²) in [4.78, 5) is 10.9. The third-order valence-electron chi connectivity index (χ3n) is 3.20. The van der Waals surface area contributed by atoms with E-state index < -0.39 is 16.0 Å². The van der Waals surface area contributed by atoms with Gasteiger partial charge in [-0.3, -0.25) is 0 Å². The van der Waals surface area contributed by atoms with Crippen molar-refractivity contribution in [2.24, 2.45) is 0 Å². The molecule has 2 rings (SSSR count). The topological polar surface area (TPSA) is 109 Å². The molecule has 1 aromatic rings. The molecule has 1 saturated carbocycles. The molecule has 0 unspecified atom stereocenters. The van der Waals surface area contributed by atoms with Gasteiger partial charge < -0.3 is 10.8 Å². The van der Waals surface area contributed by atoms with Gasteiger partial charge in [-0.1, -0.05) is 12.8 Å².